The minimum atomic E-state index is -1.92. The van der Waals surface area contributed by atoms with Crippen molar-refractivity contribution in [3.63, 3.8) is 0 Å². The summed E-state index contributed by atoms with van der Waals surface area (Å²) in [5.74, 6) is -0.160. The highest BCUT2D eigenvalue weighted by atomic mass is 16.6. The van der Waals surface area contributed by atoms with E-state index in [1.54, 1.807) is 30.7 Å². The minimum Gasteiger partial charge on any atom is -0.497 e. The number of nitrogens with zero attached hydrogens (tertiary/aromatic N) is 2. The highest BCUT2D eigenvalue weighted by Gasteiger charge is 2.45. The molecule has 0 fully saturated rings. The lowest BCUT2D eigenvalue weighted by molar-refractivity contribution is -0.172. The van der Waals surface area contributed by atoms with Gasteiger partial charge in [0, 0.05) is 16.5 Å². The van der Waals surface area contributed by atoms with Gasteiger partial charge in [-0.25, -0.2) is 14.6 Å². The van der Waals surface area contributed by atoms with E-state index >= 15 is 0 Å². The fraction of sp³-hybridized carbons (Fsp3) is 0.290. The third-order valence-electron chi connectivity index (χ3n) is 7.92. The predicted molar refractivity (Wildman–Crippen MR) is 149 cm³/mol. The van der Waals surface area contributed by atoms with Gasteiger partial charge in [0.05, 0.1) is 42.2 Å². The van der Waals surface area contributed by atoms with E-state index in [0.717, 1.165) is 22.1 Å². The van der Waals surface area contributed by atoms with Crippen LogP contribution in [-0.4, -0.2) is 33.8 Å². The van der Waals surface area contributed by atoms with Gasteiger partial charge in [-0.15, -0.1) is 0 Å². The van der Waals surface area contributed by atoms with Crippen molar-refractivity contribution < 1.29 is 28.9 Å². The fourth-order valence-electron chi connectivity index (χ4n) is 5.72. The molecule has 0 saturated carbocycles. The van der Waals surface area contributed by atoms with Crippen LogP contribution in [0.3, 0.4) is 0 Å². The van der Waals surface area contributed by atoms with Crippen LogP contribution in [0.4, 0.5) is 4.79 Å². The Kier molecular flexibility index (Phi) is 6.50. The number of carbonyl (C=O) groups is 2. The van der Waals surface area contributed by atoms with E-state index in [4.69, 9.17) is 19.2 Å². The second-order valence-electron chi connectivity index (χ2n) is 10.3. The molecule has 0 bridgehead atoms. The van der Waals surface area contributed by atoms with Crippen LogP contribution in [0.1, 0.15) is 54.1 Å². The number of rotatable bonds is 6. The molecule has 41 heavy (non-hydrogen) atoms. The van der Waals surface area contributed by atoms with Gasteiger partial charge in [0.25, 0.3) is 5.56 Å². The lowest BCUT2D eigenvalue weighted by Crippen LogP contribution is -2.44. The highest BCUT2D eigenvalue weighted by Crippen LogP contribution is 2.42. The topological polar surface area (TPSA) is 129 Å². The lowest BCUT2D eigenvalue weighted by Gasteiger charge is -2.31. The SMILES string of the molecule is CC[C@@]1(O)C(=O)OCc2c1cc1n(c2=O)Cc2c-1nc1ccc(OC)cc1c2[C@@H](C)NC(=O)OCc1ccccc1. The summed E-state index contributed by atoms with van der Waals surface area (Å²) in [6.07, 6.45) is -0.536. The quantitative estimate of drug-likeness (QED) is 0.300. The highest BCUT2D eigenvalue weighted by molar-refractivity contribution is 5.90. The molecule has 2 aromatic heterocycles. The van der Waals surface area contributed by atoms with Crippen molar-refractivity contribution in [3.05, 3.63) is 92.8 Å². The Labute approximate surface area is 235 Å². The second-order valence-corrected chi connectivity index (χ2v) is 10.3. The van der Waals surface area contributed by atoms with Gasteiger partial charge in [-0.05, 0) is 48.7 Å². The summed E-state index contributed by atoms with van der Waals surface area (Å²) in [6.45, 7) is 3.61. The van der Waals surface area contributed by atoms with Gasteiger partial charge >= 0.3 is 12.1 Å². The summed E-state index contributed by atoms with van der Waals surface area (Å²) in [5.41, 5.74) is 2.25. The van der Waals surface area contributed by atoms with Crippen LogP contribution in [0, 0.1) is 0 Å². The number of hydrogen-bond acceptors (Lipinski definition) is 8. The molecule has 0 unspecified atom stereocenters. The smallest absolute Gasteiger partial charge is 0.407 e. The van der Waals surface area contributed by atoms with Crippen LogP contribution in [0.15, 0.2) is 59.4 Å². The Hall–Kier alpha value is -4.70. The Bertz CT molecular complexity index is 1770. The number of hydrogen-bond donors (Lipinski definition) is 2. The molecule has 2 atom stereocenters. The molecule has 2 aromatic carbocycles. The van der Waals surface area contributed by atoms with E-state index in [1.807, 2.05) is 49.4 Å². The molecule has 1 amide bonds. The first-order chi connectivity index (χ1) is 19.7. The van der Waals surface area contributed by atoms with Crippen LogP contribution in [-0.2, 0) is 39.6 Å². The molecule has 0 spiro atoms. The lowest BCUT2D eigenvalue weighted by atomic mass is 9.86. The first-order valence-electron chi connectivity index (χ1n) is 13.4. The molecule has 0 saturated heterocycles. The van der Waals surface area contributed by atoms with Gasteiger partial charge in [-0.3, -0.25) is 4.79 Å². The second kappa shape index (κ2) is 10.0. The molecule has 0 radical (unpaired) electrons. The van der Waals surface area contributed by atoms with E-state index in [-0.39, 0.29) is 42.9 Å². The maximum absolute atomic E-state index is 13.7. The molecule has 4 aromatic rings. The largest absolute Gasteiger partial charge is 0.497 e. The van der Waals surface area contributed by atoms with Gasteiger partial charge in [0.2, 0.25) is 0 Å². The van der Waals surface area contributed by atoms with Gasteiger partial charge in [0.15, 0.2) is 5.60 Å². The number of fused-ring (bicyclic) bond motifs is 5. The van der Waals surface area contributed by atoms with E-state index in [9.17, 15) is 19.5 Å². The van der Waals surface area contributed by atoms with Crippen molar-refractivity contribution in [3.8, 4) is 17.1 Å². The molecule has 210 valence electrons. The summed E-state index contributed by atoms with van der Waals surface area (Å²) < 4.78 is 17.7. The molecule has 2 aliphatic rings. The number of aliphatic hydroxyl groups is 1. The average Bonchev–Trinajstić information content (AvgIpc) is 3.35. The van der Waals surface area contributed by atoms with Crippen LogP contribution >= 0.6 is 0 Å². The van der Waals surface area contributed by atoms with Gasteiger partial charge < -0.3 is 29.2 Å². The maximum atomic E-state index is 13.7. The number of carbonyl (C=O) groups excluding carboxylic acids is 2. The fourth-order valence-corrected chi connectivity index (χ4v) is 5.72. The van der Waals surface area contributed by atoms with Crippen LogP contribution < -0.4 is 15.6 Å². The number of nitrogens with one attached hydrogen (secondary N) is 1. The van der Waals surface area contributed by atoms with Crippen molar-refractivity contribution in [1.29, 1.82) is 0 Å². The van der Waals surface area contributed by atoms with E-state index < -0.39 is 23.7 Å². The summed E-state index contributed by atoms with van der Waals surface area (Å²) in [5, 5.41) is 14.9. The molecular formula is C31H29N3O7. The first kappa shape index (κ1) is 26.5. The maximum Gasteiger partial charge on any atom is 0.407 e. The average molecular weight is 556 g/mol. The van der Waals surface area contributed by atoms with Crippen LogP contribution in [0.5, 0.6) is 5.75 Å². The number of amides is 1. The third kappa shape index (κ3) is 4.31. The number of esters is 1. The Morgan fingerprint density at radius 1 is 1.17 bits per heavy atom. The molecule has 0 aliphatic carbocycles. The van der Waals surface area contributed by atoms with Gasteiger partial charge in [-0.2, -0.15) is 0 Å². The van der Waals surface area contributed by atoms with E-state index in [1.165, 1.54) is 0 Å². The molecule has 10 heteroatoms. The first-order valence-corrected chi connectivity index (χ1v) is 13.4. The van der Waals surface area contributed by atoms with E-state index in [0.29, 0.717) is 22.7 Å². The normalized spacial score (nSPS) is 17.7. The Morgan fingerprint density at radius 2 is 1.95 bits per heavy atom. The van der Waals surface area contributed by atoms with Crippen molar-refractivity contribution >= 4 is 23.0 Å². The van der Waals surface area contributed by atoms with Crippen molar-refractivity contribution in [1.82, 2.24) is 14.9 Å². The molecule has 10 nitrogen and oxygen atoms in total. The van der Waals surface area contributed by atoms with Crippen LogP contribution in [0.25, 0.3) is 22.3 Å². The number of ether oxygens (including phenoxy) is 3. The molecule has 2 aliphatic heterocycles. The molecule has 2 N–H and O–H groups in total. The molecular weight excluding hydrogens is 526 g/mol. The number of alkyl carbamates (subject to hydrolysis) is 1. The zero-order chi connectivity index (χ0) is 28.9. The third-order valence-corrected chi connectivity index (χ3v) is 7.92. The standard InChI is InChI=1S/C31H29N3O7/c1-4-31(38)23-13-25-27-21(14-34(25)28(35)22(23)16-40-29(31)36)26(20-12-19(39-3)10-11-24(20)33-27)17(2)32-30(37)41-15-18-8-6-5-7-9-18/h5-13,17,38H,4,14-16H2,1-3H3,(H,32,37)/t17-,31+/m1/s1. The van der Waals surface area contributed by atoms with Crippen LogP contribution in [0.2, 0.25) is 0 Å². The Balaban J connectivity index is 1.45. The van der Waals surface area contributed by atoms with Crippen molar-refractivity contribution in [2.45, 2.75) is 51.7 Å². The minimum absolute atomic E-state index is 0.0524. The molecule has 6 rings (SSSR count). The number of pyridine rings is 2. The number of benzene rings is 2. The molecule has 4 heterocycles. The van der Waals surface area contributed by atoms with E-state index in [2.05, 4.69) is 5.32 Å². The summed E-state index contributed by atoms with van der Waals surface area (Å²) >= 11 is 0. The van der Waals surface area contributed by atoms with Crippen molar-refractivity contribution in [2.24, 2.45) is 0 Å². The van der Waals surface area contributed by atoms with Gasteiger partial charge in [-0.1, -0.05) is 37.3 Å². The summed E-state index contributed by atoms with van der Waals surface area (Å²) in [6, 6.07) is 16.0. The Morgan fingerprint density at radius 3 is 2.68 bits per heavy atom. The van der Waals surface area contributed by atoms with Gasteiger partial charge in [0.1, 0.15) is 19.0 Å². The number of methoxy groups -OCH3 is 1. The monoisotopic (exact) mass is 555 g/mol. The summed E-state index contributed by atoms with van der Waals surface area (Å²) in [4.78, 5) is 43.9. The number of aromatic nitrogens is 2. The van der Waals surface area contributed by atoms with Crippen molar-refractivity contribution in [2.75, 3.05) is 7.11 Å². The summed E-state index contributed by atoms with van der Waals surface area (Å²) in [7, 11) is 1.57. The predicted octanol–water partition coefficient (Wildman–Crippen LogP) is 4.08. The zero-order valence-electron chi connectivity index (χ0n) is 22.9. The number of cyclic esters (lactones) is 1. The zero-order valence-corrected chi connectivity index (χ0v) is 22.9.